The molecule has 4 nitrogen and oxygen atoms in total. The molecule has 4 heteroatoms. The Kier molecular flexibility index (Phi) is 6.01. The Morgan fingerprint density at radius 3 is 2.53 bits per heavy atom. The molecule has 0 aromatic carbocycles. The Balaban J connectivity index is 2.05. The van der Waals surface area contributed by atoms with Crippen molar-refractivity contribution in [1.82, 2.24) is 5.32 Å². The van der Waals surface area contributed by atoms with Gasteiger partial charge in [-0.15, -0.1) is 0 Å². The number of hydrogen-bond acceptors (Lipinski definition) is 3. The maximum atomic E-state index is 11.5. The molecule has 1 N–H and O–H groups in total. The molecule has 0 saturated heterocycles. The van der Waals surface area contributed by atoms with Crippen LogP contribution in [-0.2, 0) is 14.3 Å². The number of rotatable bonds is 6. The third kappa shape index (κ3) is 6.29. The summed E-state index contributed by atoms with van der Waals surface area (Å²) < 4.78 is 4.98. The third-order valence-corrected chi connectivity index (χ3v) is 2.97. The van der Waals surface area contributed by atoms with Gasteiger partial charge in [0, 0.05) is 13.0 Å². The van der Waals surface area contributed by atoms with Crippen LogP contribution in [0.5, 0.6) is 0 Å². The second-order valence-electron chi connectivity index (χ2n) is 4.99. The van der Waals surface area contributed by atoms with Gasteiger partial charge in [0.05, 0.1) is 12.5 Å². The van der Waals surface area contributed by atoms with E-state index in [1.54, 1.807) is 0 Å². The van der Waals surface area contributed by atoms with Crippen molar-refractivity contribution < 1.29 is 14.3 Å². The minimum Gasteiger partial charge on any atom is -0.463 e. The lowest BCUT2D eigenvalue weighted by Crippen LogP contribution is -2.28. The number of amides is 1. The molecule has 0 heterocycles. The van der Waals surface area contributed by atoms with Crippen LogP contribution in [-0.4, -0.2) is 24.5 Å². The molecule has 0 aromatic heterocycles. The van der Waals surface area contributed by atoms with Crippen LogP contribution in [0.25, 0.3) is 0 Å². The van der Waals surface area contributed by atoms with Gasteiger partial charge in [-0.3, -0.25) is 9.59 Å². The van der Waals surface area contributed by atoms with Crippen LogP contribution in [0.1, 0.15) is 52.4 Å². The van der Waals surface area contributed by atoms with Gasteiger partial charge >= 0.3 is 5.97 Å². The van der Waals surface area contributed by atoms with Crippen molar-refractivity contribution in [2.45, 2.75) is 58.5 Å². The predicted octanol–water partition coefficient (Wildman–Crippen LogP) is 2.02. The summed E-state index contributed by atoms with van der Waals surface area (Å²) in [7, 11) is 0. The first-order valence-corrected chi connectivity index (χ1v) is 6.54. The van der Waals surface area contributed by atoms with Crippen LogP contribution in [0.4, 0.5) is 0 Å². The van der Waals surface area contributed by atoms with E-state index in [1.165, 1.54) is 25.7 Å². The summed E-state index contributed by atoms with van der Waals surface area (Å²) in [5.41, 5.74) is 0. The minimum atomic E-state index is -0.249. The minimum absolute atomic E-state index is 0.0641. The van der Waals surface area contributed by atoms with Crippen molar-refractivity contribution in [1.29, 1.82) is 0 Å². The average Bonchev–Trinajstić information content (AvgIpc) is 2.69. The van der Waals surface area contributed by atoms with Crippen LogP contribution in [0, 0.1) is 5.92 Å². The molecular formula is C13H23NO3. The molecule has 1 rings (SSSR count). The molecule has 0 spiro atoms. The van der Waals surface area contributed by atoms with Gasteiger partial charge in [0.1, 0.15) is 0 Å². The Bertz CT molecular complexity index is 257. The fourth-order valence-corrected chi connectivity index (χ4v) is 2.17. The van der Waals surface area contributed by atoms with E-state index in [0.717, 1.165) is 0 Å². The Hall–Kier alpha value is -1.06. The van der Waals surface area contributed by atoms with Crippen LogP contribution in [0.3, 0.4) is 0 Å². The molecule has 98 valence electrons. The Labute approximate surface area is 103 Å². The first kappa shape index (κ1) is 14.0. The zero-order chi connectivity index (χ0) is 12.7. The lowest BCUT2D eigenvalue weighted by Gasteiger charge is -2.10. The smallest absolute Gasteiger partial charge is 0.307 e. The van der Waals surface area contributed by atoms with E-state index in [4.69, 9.17) is 4.74 Å². The number of nitrogens with one attached hydrogen (secondary N) is 1. The number of hydrogen-bond donors (Lipinski definition) is 1. The highest BCUT2D eigenvalue weighted by Gasteiger charge is 2.18. The summed E-state index contributed by atoms with van der Waals surface area (Å²) in [6.07, 6.45) is 5.62. The van der Waals surface area contributed by atoms with Gasteiger partial charge in [-0.25, -0.2) is 0 Å². The maximum Gasteiger partial charge on any atom is 0.307 e. The van der Waals surface area contributed by atoms with Crippen LogP contribution >= 0.6 is 0 Å². The van der Waals surface area contributed by atoms with Gasteiger partial charge in [-0.05, 0) is 32.6 Å². The number of carbonyl (C=O) groups is 2. The topological polar surface area (TPSA) is 55.4 Å². The summed E-state index contributed by atoms with van der Waals surface area (Å²) in [5.74, 6) is 0.369. The quantitative estimate of drug-likeness (QED) is 0.724. The van der Waals surface area contributed by atoms with Gasteiger partial charge < -0.3 is 10.1 Å². The molecule has 1 saturated carbocycles. The fraction of sp³-hybridized carbons (Fsp3) is 0.846. The molecule has 0 unspecified atom stereocenters. The van der Waals surface area contributed by atoms with Gasteiger partial charge in [0.2, 0.25) is 5.91 Å². The molecule has 0 atom stereocenters. The summed E-state index contributed by atoms with van der Waals surface area (Å²) in [5, 5.41) is 2.77. The molecular weight excluding hydrogens is 218 g/mol. The van der Waals surface area contributed by atoms with Crippen molar-refractivity contribution in [2.24, 2.45) is 5.92 Å². The largest absolute Gasteiger partial charge is 0.463 e. The number of carbonyl (C=O) groups excluding carboxylic acids is 2. The fourth-order valence-electron chi connectivity index (χ4n) is 2.17. The van der Waals surface area contributed by atoms with Crippen molar-refractivity contribution in [3.05, 3.63) is 0 Å². The highest BCUT2D eigenvalue weighted by Crippen LogP contribution is 2.27. The van der Waals surface area contributed by atoms with E-state index in [-0.39, 0.29) is 24.4 Å². The highest BCUT2D eigenvalue weighted by atomic mass is 16.5. The molecule has 0 aromatic rings. The molecule has 1 aliphatic rings. The Morgan fingerprint density at radius 2 is 1.94 bits per heavy atom. The van der Waals surface area contributed by atoms with Crippen molar-refractivity contribution in [3.8, 4) is 0 Å². The summed E-state index contributed by atoms with van der Waals surface area (Å²) >= 11 is 0. The standard InChI is InChI=1S/C13H23NO3/c1-10(2)17-13(16)7-8-14-12(15)9-11-5-3-4-6-11/h10-11H,3-9H2,1-2H3,(H,14,15). The van der Waals surface area contributed by atoms with Gasteiger partial charge in [0.15, 0.2) is 0 Å². The second-order valence-corrected chi connectivity index (χ2v) is 4.99. The van der Waals surface area contributed by atoms with E-state index < -0.39 is 0 Å². The molecule has 0 bridgehead atoms. The van der Waals surface area contributed by atoms with E-state index in [0.29, 0.717) is 18.9 Å². The van der Waals surface area contributed by atoms with E-state index in [1.807, 2.05) is 13.8 Å². The first-order chi connectivity index (χ1) is 8.08. The number of esters is 1. The molecule has 1 aliphatic carbocycles. The second kappa shape index (κ2) is 7.30. The Morgan fingerprint density at radius 1 is 1.29 bits per heavy atom. The van der Waals surface area contributed by atoms with Gasteiger partial charge in [0.25, 0.3) is 0 Å². The van der Waals surface area contributed by atoms with E-state index in [2.05, 4.69) is 5.32 Å². The monoisotopic (exact) mass is 241 g/mol. The lowest BCUT2D eigenvalue weighted by atomic mass is 10.0. The molecule has 17 heavy (non-hydrogen) atoms. The third-order valence-electron chi connectivity index (χ3n) is 2.97. The predicted molar refractivity (Wildman–Crippen MR) is 65.4 cm³/mol. The zero-order valence-electron chi connectivity index (χ0n) is 10.8. The molecule has 1 amide bonds. The van der Waals surface area contributed by atoms with Gasteiger partial charge in [-0.2, -0.15) is 0 Å². The summed E-state index contributed by atoms with van der Waals surface area (Å²) in [6.45, 7) is 4.02. The van der Waals surface area contributed by atoms with E-state index >= 15 is 0 Å². The first-order valence-electron chi connectivity index (χ1n) is 6.54. The van der Waals surface area contributed by atoms with Crippen molar-refractivity contribution in [3.63, 3.8) is 0 Å². The van der Waals surface area contributed by atoms with Crippen molar-refractivity contribution >= 4 is 11.9 Å². The molecule has 1 fully saturated rings. The number of ether oxygens (including phenoxy) is 1. The van der Waals surface area contributed by atoms with E-state index in [9.17, 15) is 9.59 Å². The molecule has 0 radical (unpaired) electrons. The summed E-state index contributed by atoms with van der Waals surface area (Å²) in [4.78, 5) is 22.7. The van der Waals surface area contributed by atoms with Gasteiger partial charge in [-0.1, -0.05) is 12.8 Å². The normalized spacial score (nSPS) is 16.2. The zero-order valence-corrected chi connectivity index (χ0v) is 10.8. The highest BCUT2D eigenvalue weighted by molar-refractivity contribution is 5.77. The SMILES string of the molecule is CC(C)OC(=O)CCNC(=O)CC1CCCC1. The van der Waals surface area contributed by atoms with Crippen LogP contribution in [0.2, 0.25) is 0 Å². The van der Waals surface area contributed by atoms with Crippen LogP contribution < -0.4 is 5.32 Å². The average molecular weight is 241 g/mol. The van der Waals surface area contributed by atoms with Crippen molar-refractivity contribution in [2.75, 3.05) is 6.54 Å². The van der Waals surface area contributed by atoms with Crippen LogP contribution in [0.15, 0.2) is 0 Å². The summed E-state index contributed by atoms with van der Waals surface area (Å²) in [6, 6.07) is 0. The lowest BCUT2D eigenvalue weighted by molar-refractivity contribution is -0.147. The maximum absolute atomic E-state index is 11.5. The molecule has 0 aliphatic heterocycles.